The molecule has 1 N–H and O–H groups in total. The minimum absolute atomic E-state index is 0.157. The van der Waals surface area contributed by atoms with Crippen LogP contribution in [0.5, 0.6) is 0 Å². The summed E-state index contributed by atoms with van der Waals surface area (Å²) in [4.78, 5) is 0. The maximum Gasteiger partial charge on any atom is 0.0726 e. The van der Waals surface area contributed by atoms with Crippen LogP contribution in [0.25, 0.3) is 0 Å². The minimum Gasteiger partial charge on any atom is -0.389 e. The summed E-state index contributed by atoms with van der Waals surface area (Å²) in [7, 11) is 0. The highest BCUT2D eigenvalue weighted by molar-refractivity contribution is 5.00. The Hall–Kier alpha value is -0.300. The highest BCUT2D eigenvalue weighted by Crippen LogP contribution is 2.15. The van der Waals surface area contributed by atoms with E-state index in [0.29, 0.717) is 5.92 Å². The lowest BCUT2D eigenvalue weighted by molar-refractivity contribution is 0.212. The molecule has 0 aromatic carbocycles. The van der Waals surface area contributed by atoms with E-state index in [-0.39, 0.29) is 6.10 Å². The van der Waals surface area contributed by atoms with Crippen molar-refractivity contribution in [2.24, 2.45) is 5.92 Å². The number of hydrogen-bond donors (Lipinski definition) is 1. The Kier molecular flexibility index (Phi) is 1.15. The van der Waals surface area contributed by atoms with Gasteiger partial charge < -0.3 is 5.11 Å². The summed E-state index contributed by atoms with van der Waals surface area (Å²) in [6, 6.07) is 0. The Morgan fingerprint density at radius 1 is 1.57 bits per heavy atom. The quantitative estimate of drug-likeness (QED) is 0.447. The topological polar surface area (TPSA) is 20.2 Å². The first-order valence-corrected chi connectivity index (χ1v) is 2.65. The summed E-state index contributed by atoms with van der Waals surface area (Å²) < 4.78 is 0. The van der Waals surface area contributed by atoms with Crippen LogP contribution < -0.4 is 0 Å². The minimum atomic E-state index is -0.157. The van der Waals surface area contributed by atoms with Gasteiger partial charge in [0.15, 0.2) is 0 Å². The van der Waals surface area contributed by atoms with Crippen molar-refractivity contribution in [3.63, 3.8) is 0 Å². The summed E-state index contributed by atoms with van der Waals surface area (Å²) in [5.41, 5.74) is 0. The maximum atomic E-state index is 8.81. The van der Waals surface area contributed by atoms with E-state index < -0.39 is 0 Å². The first-order chi connectivity index (χ1) is 3.29. The molecule has 1 heteroatoms. The van der Waals surface area contributed by atoms with Gasteiger partial charge in [0.1, 0.15) is 0 Å². The molecule has 40 valence electrons. The van der Waals surface area contributed by atoms with Crippen molar-refractivity contribution in [3.05, 3.63) is 12.2 Å². The molecule has 0 radical (unpaired) electrons. The average molecular weight is 98.1 g/mol. The number of hydrogen-bond acceptors (Lipinski definition) is 1. The Bertz CT molecular complexity index is 76.2. The Morgan fingerprint density at radius 2 is 2.29 bits per heavy atom. The fraction of sp³-hybridized carbons (Fsp3) is 0.667. The van der Waals surface area contributed by atoms with Gasteiger partial charge >= 0.3 is 0 Å². The van der Waals surface area contributed by atoms with Gasteiger partial charge in [-0.1, -0.05) is 19.1 Å². The average Bonchev–Trinajstić information content (AvgIpc) is 1.87. The van der Waals surface area contributed by atoms with E-state index in [2.05, 4.69) is 6.92 Å². The van der Waals surface area contributed by atoms with Crippen molar-refractivity contribution in [3.8, 4) is 0 Å². The number of rotatable bonds is 0. The first-order valence-electron chi connectivity index (χ1n) is 2.65. The fourth-order valence-corrected chi connectivity index (χ4v) is 0.856. The van der Waals surface area contributed by atoms with Crippen molar-refractivity contribution >= 4 is 0 Å². The predicted octanol–water partition coefficient (Wildman–Crippen LogP) is 0.943. The summed E-state index contributed by atoms with van der Waals surface area (Å²) in [6.07, 6.45) is 4.66. The Labute approximate surface area is 43.7 Å². The molecule has 0 aromatic heterocycles. The van der Waals surface area contributed by atoms with Gasteiger partial charge in [0.25, 0.3) is 0 Å². The molecule has 1 nitrogen and oxygen atoms in total. The summed E-state index contributed by atoms with van der Waals surface area (Å²) in [5, 5.41) is 8.81. The molecule has 0 bridgehead atoms. The van der Waals surface area contributed by atoms with E-state index in [1.54, 1.807) is 0 Å². The van der Waals surface area contributed by atoms with E-state index in [4.69, 9.17) is 5.11 Å². The van der Waals surface area contributed by atoms with Gasteiger partial charge in [-0.3, -0.25) is 0 Å². The lowest BCUT2D eigenvalue weighted by atomic mass is 10.1. The molecule has 2 atom stereocenters. The van der Waals surface area contributed by atoms with Crippen LogP contribution in [0, 0.1) is 5.92 Å². The molecule has 1 aliphatic carbocycles. The maximum absolute atomic E-state index is 8.81. The van der Waals surface area contributed by atoms with Crippen molar-refractivity contribution in [2.45, 2.75) is 19.4 Å². The number of aliphatic hydroxyl groups excluding tert-OH is 1. The standard InChI is InChI=1S/C6H10O/c1-5-2-3-6(7)4-5/h2-3,5-7H,4H2,1H3/t5-,6-/m0/s1. The van der Waals surface area contributed by atoms with Gasteiger partial charge in [0.2, 0.25) is 0 Å². The van der Waals surface area contributed by atoms with Crippen molar-refractivity contribution in [1.82, 2.24) is 0 Å². The molecule has 0 saturated carbocycles. The van der Waals surface area contributed by atoms with Gasteiger partial charge in [-0.15, -0.1) is 0 Å². The van der Waals surface area contributed by atoms with Crippen LogP contribution in [-0.2, 0) is 0 Å². The Morgan fingerprint density at radius 3 is 2.43 bits per heavy atom. The van der Waals surface area contributed by atoms with Crippen LogP contribution in [0.1, 0.15) is 13.3 Å². The second kappa shape index (κ2) is 1.66. The van der Waals surface area contributed by atoms with Crippen molar-refractivity contribution in [2.75, 3.05) is 0 Å². The van der Waals surface area contributed by atoms with E-state index in [9.17, 15) is 0 Å². The fourth-order valence-electron chi connectivity index (χ4n) is 0.856. The largest absolute Gasteiger partial charge is 0.389 e. The van der Waals surface area contributed by atoms with Gasteiger partial charge in [-0.2, -0.15) is 0 Å². The second-order valence-corrected chi connectivity index (χ2v) is 2.17. The first kappa shape index (κ1) is 4.85. The van der Waals surface area contributed by atoms with Crippen LogP contribution in [0.2, 0.25) is 0 Å². The smallest absolute Gasteiger partial charge is 0.0726 e. The molecule has 0 aliphatic heterocycles. The van der Waals surface area contributed by atoms with Crippen LogP contribution >= 0.6 is 0 Å². The molecule has 0 spiro atoms. The number of allylic oxidation sites excluding steroid dienone is 1. The van der Waals surface area contributed by atoms with Crippen LogP contribution in [0.4, 0.5) is 0 Å². The molecule has 0 saturated heterocycles. The summed E-state index contributed by atoms with van der Waals surface area (Å²) in [6.45, 7) is 2.10. The molecule has 0 heterocycles. The molecule has 1 aliphatic rings. The summed E-state index contributed by atoms with van der Waals surface area (Å²) >= 11 is 0. The van der Waals surface area contributed by atoms with Crippen molar-refractivity contribution < 1.29 is 5.11 Å². The Balaban J connectivity index is 2.42. The zero-order valence-corrected chi connectivity index (χ0v) is 4.46. The van der Waals surface area contributed by atoms with Crippen LogP contribution in [0.3, 0.4) is 0 Å². The van der Waals surface area contributed by atoms with Crippen LogP contribution in [0.15, 0.2) is 12.2 Å². The van der Waals surface area contributed by atoms with Crippen molar-refractivity contribution in [1.29, 1.82) is 0 Å². The third kappa shape index (κ3) is 1.03. The SMILES string of the molecule is C[C@H]1C=C[C@H](O)C1. The van der Waals surface area contributed by atoms with E-state index in [1.165, 1.54) is 0 Å². The molecule has 0 aromatic rings. The van der Waals surface area contributed by atoms with E-state index in [1.807, 2.05) is 12.2 Å². The molecular formula is C6H10O. The molecule has 0 unspecified atom stereocenters. The third-order valence-electron chi connectivity index (χ3n) is 1.28. The van der Waals surface area contributed by atoms with Crippen LogP contribution in [-0.4, -0.2) is 11.2 Å². The summed E-state index contributed by atoms with van der Waals surface area (Å²) in [5.74, 6) is 0.593. The highest BCUT2D eigenvalue weighted by Gasteiger charge is 2.10. The molecule has 0 amide bonds. The van der Waals surface area contributed by atoms with Gasteiger partial charge in [-0.05, 0) is 12.3 Å². The zero-order chi connectivity index (χ0) is 5.28. The monoisotopic (exact) mass is 98.1 g/mol. The van der Waals surface area contributed by atoms with Gasteiger partial charge in [-0.25, -0.2) is 0 Å². The number of aliphatic hydroxyl groups is 1. The molecular weight excluding hydrogens is 88.1 g/mol. The second-order valence-electron chi connectivity index (χ2n) is 2.17. The predicted molar refractivity (Wildman–Crippen MR) is 28.9 cm³/mol. The lowest BCUT2D eigenvalue weighted by Crippen LogP contribution is -1.97. The molecule has 7 heavy (non-hydrogen) atoms. The van der Waals surface area contributed by atoms with E-state index >= 15 is 0 Å². The third-order valence-corrected chi connectivity index (χ3v) is 1.28. The van der Waals surface area contributed by atoms with Gasteiger partial charge in [0.05, 0.1) is 6.10 Å². The van der Waals surface area contributed by atoms with E-state index in [0.717, 1.165) is 6.42 Å². The zero-order valence-electron chi connectivity index (χ0n) is 4.46. The molecule has 0 fully saturated rings. The van der Waals surface area contributed by atoms with Gasteiger partial charge in [0, 0.05) is 0 Å². The normalized spacial score (nSPS) is 39.7. The highest BCUT2D eigenvalue weighted by atomic mass is 16.3. The lowest BCUT2D eigenvalue weighted by Gasteiger charge is -1.96. The molecule has 1 rings (SSSR count).